The van der Waals surface area contributed by atoms with Crippen molar-refractivity contribution in [2.45, 2.75) is 64.4 Å². The van der Waals surface area contributed by atoms with E-state index in [1.165, 1.54) is 0 Å². The number of alkyl carbamates (subject to hydrolysis) is 1. The minimum atomic E-state index is -0.585. The fraction of sp³-hybridized carbons (Fsp3) is 0.522. The standard InChI is InChI=1S/C23H28Cl2N4O3/c1-23(2,3)32-22(30)27-12-16-18(13-8-9-14(24)19(25)20(13)29(16)4)15-11-26-21(28-15)17-7-5-6-10-31-17/h8-9,11,17,21H,5-7,10,12H2,1-4H3,(H,27,30). The molecule has 2 atom stereocenters. The number of carbonyl (C=O) groups excluding carboxylic acids is 1. The molecule has 32 heavy (non-hydrogen) atoms. The van der Waals surface area contributed by atoms with Gasteiger partial charge in [-0.15, -0.1) is 0 Å². The summed E-state index contributed by atoms with van der Waals surface area (Å²) in [6.07, 6.45) is 4.18. The molecule has 0 saturated carbocycles. The van der Waals surface area contributed by atoms with E-state index in [1.807, 2.05) is 38.5 Å². The number of hydrogen-bond acceptors (Lipinski definition) is 5. The first-order valence-electron chi connectivity index (χ1n) is 10.8. The van der Waals surface area contributed by atoms with Crippen LogP contribution in [0.5, 0.6) is 0 Å². The maximum Gasteiger partial charge on any atom is 0.407 e. The van der Waals surface area contributed by atoms with Crippen LogP contribution in [0.3, 0.4) is 0 Å². The summed E-state index contributed by atoms with van der Waals surface area (Å²) in [5.41, 5.74) is 2.65. The van der Waals surface area contributed by atoms with Gasteiger partial charge in [-0.05, 0) is 46.1 Å². The minimum Gasteiger partial charge on any atom is -0.444 e. The number of aryl methyl sites for hydroxylation is 1. The predicted molar refractivity (Wildman–Crippen MR) is 128 cm³/mol. The Hall–Kier alpha value is -2.09. The number of aromatic nitrogens is 1. The van der Waals surface area contributed by atoms with Gasteiger partial charge in [0.25, 0.3) is 0 Å². The molecule has 0 radical (unpaired) electrons. The van der Waals surface area contributed by atoms with Crippen LogP contribution in [0, 0.1) is 0 Å². The van der Waals surface area contributed by atoms with Gasteiger partial charge >= 0.3 is 6.09 Å². The Balaban J connectivity index is 1.72. The summed E-state index contributed by atoms with van der Waals surface area (Å²) in [6, 6.07) is 3.70. The second kappa shape index (κ2) is 9.04. The lowest BCUT2D eigenvalue weighted by Gasteiger charge is -2.24. The second-order valence-electron chi connectivity index (χ2n) is 9.10. The van der Waals surface area contributed by atoms with Gasteiger partial charge in [0.15, 0.2) is 6.17 Å². The zero-order valence-electron chi connectivity index (χ0n) is 18.7. The average Bonchev–Trinajstić information content (AvgIpc) is 3.32. The zero-order chi connectivity index (χ0) is 23.0. The molecule has 2 unspecified atom stereocenters. The number of aliphatic imine (C=N–C) groups is 2. The number of nitrogens with one attached hydrogen (secondary N) is 1. The van der Waals surface area contributed by atoms with Crippen LogP contribution in [0.2, 0.25) is 10.0 Å². The Labute approximate surface area is 197 Å². The largest absolute Gasteiger partial charge is 0.444 e. The van der Waals surface area contributed by atoms with Gasteiger partial charge in [0.05, 0.1) is 40.1 Å². The number of halogens is 2. The van der Waals surface area contributed by atoms with Crippen molar-refractivity contribution in [3.8, 4) is 0 Å². The molecule has 1 saturated heterocycles. The molecule has 7 nitrogen and oxygen atoms in total. The van der Waals surface area contributed by atoms with Crippen LogP contribution in [0.4, 0.5) is 4.79 Å². The molecule has 2 aromatic rings. The molecule has 2 aliphatic heterocycles. The Bertz CT molecular complexity index is 1100. The van der Waals surface area contributed by atoms with Gasteiger partial charge in [-0.3, -0.25) is 9.98 Å². The van der Waals surface area contributed by atoms with Crippen molar-refractivity contribution in [1.82, 2.24) is 9.88 Å². The van der Waals surface area contributed by atoms with Crippen LogP contribution in [0.25, 0.3) is 10.9 Å². The highest BCUT2D eigenvalue weighted by Gasteiger charge is 2.30. The molecule has 1 amide bonds. The van der Waals surface area contributed by atoms with Crippen molar-refractivity contribution >= 4 is 52.1 Å². The van der Waals surface area contributed by atoms with E-state index >= 15 is 0 Å². The number of benzene rings is 1. The quantitative estimate of drug-likeness (QED) is 0.649. The summed E-state index contributed by atoms with van der Waals surface area (Å²) in [6.45, 7) is 6.46. The SMILES string of the molecule is Cn1c(CNC(=O)OC(C)(C)C)c(C2=NC(C3CCCCO3)N=C2)c2ccc(Cl)c(Cl)c21. The molecule has 172 valence electrons. The molecular formula is C23H28Cl2N4O3. The predicted octanol–water partition coefficient (Wildman–Crippen LogP) is 5.28. The Morgan fingerprint density at radius 2 is 2.09 bits per heavy atom. The van der Waals surface area contributed by atoms with Crippen molar-refractivity contribution in [2.75, 3.05) is 6.61 Å². The highest BCUT2D eigenvalue weighted by Crippen LogP contribution is 2.36. The molecule has 1 aromatic heterocycles. The number of fused-ring (bicyclic) bond motifs is 1. The van der Waals surface area contributed by atoms with Gasteiger partial charge in [-0.25, -0.2) is 4.79 Å². The minimum absolute atomic E-state index is 0.00570. The number of nitrogens with zero attached hydrogens (tertiary/aromatic N) is 3. The first-order valence-corrected chi connectivity index (χ1v) is 11.6. The van der Waals surface area contributed by atoms with Gasteiger partial charge in [0.1, 0.15) is 5.60 Å². The summed E-state index contributed by atoms with van der Waals surface area (Å²) in [4.78, 5) is 21.8. The Kier molecular flexibility index (Phi) is 6.52. The molecule has 2 aliphatic rings. The third-order valence-electron chi connectivity index (χ3n) is 5.59. The van der Waals surface area contributed by atoms with Gasteiger partial charge in [-0.1, -0.05) is 29.3 Å². The first-order chi connectivity index (χ1) is 15.2. The van der Waals surface area contributed by atoms with Gasteiger partial charge in [0, 0.05) is 30.3 Å². The number of amides is 1. The topological polar surface area (TPSA) is 77.2 Å². The first kappa shape index (κ1) is 23.1. The Morgan fingerprint density at radius 1 is 1.31 bits per heavy atom. The molecule has 0 spiro atoms. The number of ether oxygens (including phenoxy) is 2. The summed E-state index contributed by atoms with van der Waals surface area (Å²) in [5, 5.41) is 4.67. The second-order valence-corrected chi connectivity index (χ2v) is 9.89. The fourth-order valence-corrected chi connectivity index (χ4v) is 4.60. The number of carbonyl (C=O) groups is 1. The van der Waals surface area contributed by atoms with Crippen LogP contribution in [0.15, 0.2) is 22.1 Å². The summed E-state index contributed by atoms with van der Waals surface area (Å²) in [5.74, 6) is 0. The molecule has 1 fully saturated rings. The van der Waals surface area contributed by atoms with Crippen LogP contribution >= 0.6 is 23.2 Å². The third kappa shape index (κ3) is 4.65. The van der Waals surface area contributed by atoms with Crippen LogP contribution < -0.4 is 5.32 Å². The van der Waals surface area contributed by atoms with E-state index in [1.54, 1.807) is 12.3 Å². The zero-order valence-corrected chi connectivity index (χ0v) is 20.3. The highest BCUT2D eigenvalue weighted by molar-refractivity contribution is 6.47. The molecule has 4 rings (SSSR count). The third-order valence-corrected chi connectivity index (χ3v) is 6.39. The lowest BCUT2D eigenvalue weighted by molar-refractivity contribution is 0.00340. The van der Waals surface area contributed by atoms with E-state index < -0.39 is 11.7 Å². The van der Waals surface area contributed by atoms with Crippen molar-refractivity contribution in [1.29, 1.82) is 0 Å². The summed E-state index contributed by atoms with van der Waals surface area (Å²) >= 11 is 12.9. The lowest BCUT2D eigenvalue weighted by Crippen LogP contribution is -2.33. The van der Waals surface area contributed by atoms with Crippen molar-refractivity contribution in [2.24, 2.45) is 17.0 Å². The Morgan fingerprint density at radius 3 is 2.78 bits per heavy atom. The van der Waals surface area contributed by atoms with E-state index in [4.69, 9.17) is 37.7 Å². The maximum absolute atomic E-state index is 12.3. The van der Waals surface area contributed by atoms with Gasteiger partial charge in [0.2, 0.25) is 0 Å². The van der Waals surface area contributed by atoms with Crippen molar-refractivity contribution < 1.29 is 14.3 Å². The van der Waals surface area contributed by atoms with E-state index in [0.717, 1.165) is 53.7 Å². The van der Waals surface area contributed by atoms with E-state index in [2.05, 4.69) is 10.3 Å². The van der Waals surface area contributed by atoms with Crippen molar-refractivity contribution in [3.63, 3.8) is 0 Å². The summed E-state index contributed by atoms with van der Waals surface area (Å²) < 4.78 is 13.2. The molecular weight excluding hydrogens is 451 g/mol. The lowest BCUT2D eigenvalue weighted by atomic mass is 10.1. The van der Waals surface area contributed by atoms with E-state index in [-0.39, 0.29) is 18.8 Å². The number of hydrogen-bond donors (Lipinski definition) is 1. The fourth-order valence-electron chi connectivity index (χ4n) is 4.16. The molecule has 3 heterocycles. The average molecular weight is 479 g/mol. The monoisotopic (exact) mass is 478 g/mol. The molecule has 0 bridgehead atoms. The highest BCUT2D eigenvalue weighted by atomic mass is 35.5. The van der Waals surface area contributed by atoms with E-state index in [9.17, 15) is 4.79 Å². The normalized spacial score (nSPS) is 21.1. The van der Waals surface area contributed by atoms with Crippen molar-refractivity contribution in [3.05, 3.63) is 33.4 Å². The van der Waals surface area contributed by atoms with E-state index in [0.29, 0.717) is 10.0 Å². The number of rotatable bonds is 4. The van der Waals surface area contributed by atoms with Crippen LogP contribution in [-0.2, 0) is 23.1 Å². The maximum atomic E-state index is 12.3. The smallest absolute Gasteiger partial charge is 0.407 e. The summed E-state index contributed by atoms with van der Waals surface area (Å²) in [7, 11) is 1.90. The van der Waals surface area contributed by atoms with Crippen LogP contribution in [-0.4, -0.2) is 47.1 Å². The molecule has 1 aromatic carbocycles. The molecule has 0 aliphatic carbocycles. The van der Waals surface area contributed by atoms with Crippen LogP contribution in [0.1, 0.15) is 51.3 Å². The molecule has 9 heteroatoms. The van der Waals surface area contributed by atoms with Gasteiger partial charge in [-0.2, -0.15) is 0 Å². The molecule has 1 N–H and O–H groups in total. The van der Waals surface area contributed by atoms with Gasteiger partial charge < -0.3 is 19.4 Å².